The fourth-order valence-corrected chi connectivity index (χ4v) is 4.16. The molecule has 1 saturated heterocycles. The summed E-state index contributed by atoms with van der Waals surface area (Å²) in [4.78, 5) is 26.9. The van der Waals surface area contributed by atoms with Crippen molar-refractivity contribution in [1.29, 1.82) is 0 Å². The summed E-state index contributed by atoms with van der Waals surface area (Å²) in [6.45, 7) is 3.87. The van der Waals surface area contributed by atoms with Gasteiger partial charge in [0.15, 0.2) is 0 Å². The number of fused-ring (bicyclic) bond motifs is 1. The summed E-state index contributed by atoms with van der Waals surface area (Å²) in [5.74, 6) is 1.50. The Hall–Kier alpha value is -2.34. The van der Waals surface area contributed by atoms with Gasteiger partial charge in [0.1, 0.15) is 5.82 Å². The normalized spacial score (nSPS) is 15.1. The molecule has 1 aromatic carbocycles. The van der Waals surface area contributed by atoms with E-state index in [9.17, 15) is 4.79 Å². The van der Waals surface area contributed by atoms with Crippen molar-refractivity contribution in [3.63, 3.8) is 0 Å². The number of benzene rings is 1. The molecule has 3 aromatic rings. The van der Waals surface area contributed by atoms with Crippen molar-refractivity contribution in [1.82, 2.24) is 19.9 Å². The van der Waals surface area contributed by atoms with Crippen molar-refractivity contribution in [2.75, 3.05) is 18.8 Å². The second-order valence-electron chi connectivity index (χ2n) is 7.07. The summed E-state index contributed by atoms with van der Waals surface area (Å²) in [5.41, 5.74) is 4.15. The first-order valence-corrected chi connectivity index (χ1v) is 10.5. The summed E-state index contributed by atoms with van der Waals surface area (Å²) in [7, 11) is 0. The molecule has 3 heterocycles. The number of aryl methyl sites for hydroxylation is 1. The Morgan fingerprint density at radius 2 is 1.96 bits per heavy atom. The van der Waals surface area contributed by atoms with Crippen LogP contribution < -0.4 is 0 Å². The first-order valence-electron chi connectivity index (χ1n) is 9.52. The highest BCUT2D eigenvalue weighted by atomic mass is 32.2. The molecule has 1 N–H and O–H groups in total. The van der Waals surface area contributed by atoms with Gasteiger partial charge in [-0.05, 0) is 49.6 Å². The molecule has 0 aliphatic carbocycles. The van der Waals surface area contributed by atoms with E-state index in [0.29, 0.717) is 5.75 Å². The van der Waals surface area contributed by atoms with E-state index in [1.54, 1.807) is 0 Å². The zero-order chi connectivity index (χ0) is 18.6. The van der Waals surface area contributed by atoms with Gasteiger partial charge in [-0.1, -0.05) is 30.7 Å². The number of aromatic amines is 1. The number of aromatic nitrogens is 3. The molecular formula is C21H24N4OS. The van der Waals surface area contributed by atoms with E-state index in [2.05, 4.69) is 34.0 Å². The first kappa shape index (κ1) is 18.0. The van der Waals surface area contributed by atoms with E-state index >= 15 is 0 Å². The molecule has 5 nitrogen and oxygen atoms in total. The van der Waals surface area contributed by atoms with Gasteiger partial charge in [-0.2, -0.15) is 0 Å². The van der Waals surface area contributed by atoms with Crippen LogP contribution in [-0.2, 0) is 4.79 Å². The zero-order valence-corrected chi connectivity index (χ0v) is 16.4. The number of likely N-dealkylation sites (tertiary alicyclic amines) is 1. The number of hydrogen-bond acceptors (Lipinski definition) is 4. The quantitative estimate of drug-likeness (QED) is 0.680. The van der Waals surface area contributed by atoms with Crippen molar-refractivity contribution in [2.45, 2.75) is 37.6 Å². The lowest BCUT2D eigenvalue weighted by Gasteiger charge is -2.19. The maximum absolute atomic E-state index is 12.4. The Morgan fingerprint density at radius 1 is 1.15 bits per heavy atom. The lowest BCUT2D eigenvalue weighted by Crippen LogP contribution is -2.33. The van der Waals surface area contributed by atoms with Gasteiger partial charge in [-0.25, -0.2) is 9.97 Å². The SMILES string of the molecule is Cc1ccc2nc(-c3ccc(SCC(=O)N4CCCCCC4)nc3)[nH]c2c1. The number of H-pyrrole nitrogens is 1. The van der Waals surface area contributed by atoms with Crippen LogP contribution in [0.4, 0.5) is 0 Å². The number of imidazole rings is 1. The highest BCUT2D eigenvalue weighted by Crippen LogP contribution is 2.23. The third-order valence-corrected chi connectivity index (χ3v) is 5.88. The van der Waals surface area contributed by atoms with E-state index in [4.69, 9.17) is 0 Å². The Balaban J connectivity index is 1.40. The predicted molar refractivity (Wildman–Crippen MR) is 110 cm³/mol. The van der Waals surface area contributed by atoms with Crippen LogP contribution in [0.15, 0.2) is 41.6 Å². The molecule has 0 spiro atoms. The molecule has 0 saturated carbocycles. The Bertz CT molecular complexity index is 927. The summed E-state index contributed by atoms with van der Waals surface area (Å²) in [6, 6.07) is 10.2. The molecule has 4 rings (SSSR count). The minimum absolute atomic E-state index is 0.223. The van der Waals surface area contributed by atoms with Crippen LogP contribution in [0.3, 0.4) is 0 Å². The highest BCUT2D eigenvalue weighted by Gasteiger charge is 2.16. The second kappa shape index (κ2) is 8.13. The van der Waals surface area contributed by atoms with Crippen LogP contribution in [0.1, 0.15) is 31.2 Å². The predicted octanol–water partition coefficient (Wildman–Crippen LogP) is 4.43. The molecule has 0 radical (unpaired) electrons. The lowest BCUT2D eigenvalue weighted by atomic mass is 10.2. The van der Waals surface area contributed by atoms with Crippen LogP contribution in [0, 0.1) is 6.92 Å². The van der Waals surface area contributed by atoms with Gasteiger partial charge < -0.3 is 9.88 Å². The third kappa shape index (κ3) is 4.33. The molecule has 0 atom stereocenters. The smallest absolute Gasteiger partial charge is 0.232 e. The number of hydrogen-bond donors (Lipinski definition) is 1. The van der Waals surface area contributed by atoms with Gasteiger partial charge in [0.25, 0.3) is 0 Å². The second-order valence-corrected chi connectivity index (χ2v) is 8.07. The molecule has 140 valence electrons. The number of amides is 1. The number of carbonyl (C=O) groups is 1. The van der Waals surface area contributed by atoms with Crippen LogP contribution >= 0.6 is 11.8 Å². The third-order valence-electron chi connectivity index (χ3n) is 4.95. The molecule has 0 unspecified atom stereocenters. The van der Waals surface area contributed by atoms with Gasteiger partial charge >= 0.3 is 0 Å². The van der Waals surface area contributed by atoms with Crippen LogP contribution in [0.25, 0.3) is 22.4 Å². The molecule has 0 bridgehead atoms. The van der Waals surface area contributed by atoms with Gasteiger partial charge in [-0.15, -0.1) is 0 Å². The fourth-order valence-electron chi connectivity index (χ4n) is 3.41. The van der Waals surface area contributed by atoms with Crippen molar-refractivity contribution in [3.8, 4) is 11.4 Å². The summed E-state index contributed by atoms with van der Waals surface area (Å²) >= 11 is 1.51. The standard InChI is InChI=1S/C21H24N4OS/c1-15-6-8-17-18(12-15)24-21(23-17)16-7-9-19(22-13-16)27-14-20(26)25-10-4-2-3-5-11-25/h6-9,12-13H,2-5,10-11,14H2,1H3,(H,23,24). The van der Waals surface area contributed by atoms with Crippen LogP contribution in [0.2, 0.25) is 0 Å². The summed E-state index contributed by atoms with van der Waals surface area (Å²) in [5, 5.41) is 0.869. The Labute approximate surface area is 163 Å². The first-order chi connectivity index (χ1) is 13.2. The minimum atomic E-state index is 0.223. The molecule has 6 heteroatoms. The number of pyridine rings is 1. The largest absolute Gasteiger partial charge is 0.342 e. The van der Waals surface area contributed by atoms with E-state index in [1.165, 1.54) is 30.2 Å². The number of rotatable bonds is 4. The Morgan fingerprint density at radius 3 is 2.70 bits per heavy atom. The van der Waals surface area contributed by atoms with Gasteiger partial charge in [0.2, 0.25) is 5.91 Å². The van der Waals surface area contributed by atoms with E-state index < -0.39 is 0 Å². The maximum Gasteiger partial charge on any atom is 0.232 e. The monoisotopic (exact) mass is 380 g/mol. The van der Waals surface area contributed by atoms with E-state index in [0.717, 1.165) is 53.4 Å². The number of thioether (sulfide) groups is 1. The molecular weight excluding hydrogens is 356 g/mol. The average molecular weight is 381 g/mol. The van der Waals surface area contributed by atoms with Crippen LogP contribution in [0.5, 0.6) is 0 Å². The number of nitrogens with one attached hydrogen (secondary N) is 1. The Kier molecular flexibility index (Phi) is 5.43. The molecule has 1 aliphatic rings. The van der Waals surface area contributed by atoms with Gasteiger partial charge in [0.05, 0.1) is 21.8 Å². The lowest BCUT2D eigenvalue weighted by molar-refractivity contribution is -0.128. The van der Waals surface area contributed by atoms with Crippen molar-refractivity contribution in [3.05, 3.63) is 42.1 Å². The fraction of sp³-hybridized carbons (Fsp3) is 0.381. The van der Waals surface area contributed by atoms with Crippen molar-refractivity contribution >= 4 is 28.7 Å². The van der Waals surface area contributed by atoms with E-state index in [-0.39, 0.29) is 5.91 Å². The molecule has 1 aliphatic heterocycles. The summed E-state index contributed by atoms with van der Waals surface area (Å²) in [6.07, 6.45) is 6.55. The maximum atomic E-state index is 12.4. The molecule has 1 fully saturated rings. The summed E-state index contributed by atoms with van der Waals surface area (Å²) < 4.78 is 0. The van der Waals surface area contributed by atoms with Crippen LogP contribution in [-0.4, -0.2) is 44.6 Å². The van der Waals surface area contributed by atoms with Crippen molar-refractivity contribution < 1.29 is 4.79 Å². The average Bonchev–Trinajstić information content (AvgIpc) is 2.91. The number of nitrogens with zero attached hydrogens (tertiary/aromatic N) is 3. The van der Waals surface area contributed by atoms with Gasteiger partial charge in [0, 0.05) is 24.8 Å². The van der Waals surface area contributed by atoms with E-state index in [1.807, 2.05) is 29.3 Å². The molecule has 1 amide bonds. The topological polar surface area (TPSA) is 61.9 Å². The number of carbonyl (C=O) groups excluding carboxylic acids is 1. The van der Waals surface area contributed by atoms with Gasteiger partial charge in [-0.3, -0.25) is 4.79 Å². The minimum Gasteiger partial charge on any atom is -0.342 e. The highest BCUT2D eigenvalue weighted by molar-refractivity contribution is 7.99. The molecule has 27 heavy (non-hydrogen) atoms. The van der Waals surface area contributed by atoms with Crippen molar-refractivity contribution in [2.24, 2.45) is 0 Å². The molecule has 2 aromatic heterocycles. The zero-order valence-electron chi connectivity index (χ0n) is 15.6.